The minimum absolute atomic E-state index is 0.741. The molecule has 0 amide bonds. The van der Waals surface area contributed by atoms with Crippen molar-refractivity contribution in [2.75, 3.05) is 0 Å². The van der Waals surface area contributed by atoms with Gasteiger partial charge in [0.15, 0.2) is 0 Å². The number of fused-ring (bicyclic) bond motifs is 14. The Morgan fingerprint density at radius 3 is 1.10 bits per heavy atom. The number of aromatic nitrogens is 2. The van der Waals surface area contributed by atoms with Gasteiger partial charge in [0, 0.05) is 39.5 Å². The summed E-state index contributed by atoms with van der Waals surface area (Å²) in [5.41, 5.74) is 7.64. The first-order valence-corrected chi connectivity index (χ1v) is 17.6. The minimum atomic E-state index is 0.741. The largest absolute Gasteiger partial charge is 0.308 e. The smallest absolute Gasteiger partial charge is 0.0791 e. The van der Waals surface area contributed by atoms with E-state index in [1.165, 1.54) is 77.1 Å². The summed E-state index contributed by atoms with van der Waals surface area (Å²) in [4.78, 5) is 0. The molecule has 0 radical (unpaired) electrons. The number of hydrogen-bond acceptors (Lipinski definition) is 2. The second kappa shape index (κ2) is 10.7. The predicted molar refractivity (Wildman–Crippen MR) is 221 cm³/mol. The molecule has 0 spiro atoms. The third-order valence-electron chi connectivity index (χ3n) is 11.0. The van der Waals surface area contributed by atoms with Gasteiger partial charge in [-0.05, 0) is 85.1 Å². The zero-order valence-electron chi connectivity index (χ0n) is 28.1. The van der Waals surface area contributed by atoms with Crippen molar-refractivity contribution in [3.8, 4) is 11.4 Å². The lowest BCUT2D eigenvalue weighted by Crippen LogP contribution is -2.08. The van der Waals surface area contributed by atoms with Crippen LogP contribution in [0.5, 0.6) is 0 Å². The lowest BCUT2D eigenvalue weighted by molar-refractivity contribution is 1.09. The molecular weight excluding hydrogens is 633 g/mol. The van der Waals surface area contributed by atoms with Gasteiger partial charge in [-0.3, -0.25) is 0 Å². The highest BCUT2D eigenvalue weighted by molar-refractivity contribution is 6.30. The maximum absolute atomic E-state index is 8.88. The summed E-state index contributed by atoms with van der Waals surface area (Å²) in [6.07, 6.45) is 2.84. The van der Waals surface area contributed by atoms with Crippen LogP contribution in [0.15, 0.2) is 158 Å². The van der Waals surface area contributed by atoms with Crippen LogP contribution in [0.2, 0.25) is 0 Å². The van der Waals surface area contributed by atoms with E-state index in [1.54, 1.807) is 0 Å². The van der Waals surface area contributed by atoms with Crippen molar-refractivity contribution in [1.29, 1.82) is 10.8 Å². The molecule has 0 saturated heterocycles. The van der Waals surface area contributed by atoms with Crippen molar-refractivity contribution in [2.24, 2.45) is 0 Å². The van der Waals surface area contributed by atoms with E-state index in [0.29, 0.717) is 0 Å². The van der Waals surface area contributed by atoms with E-state index in [-0.39, 0.29) is 0 Å². The number of nitrogens with one attached hydrogen (secondary N) is 2. The summed E-state index contributed by atoms with van der Waals surface area (Å²) in [5.74, 6) is 0. The molecule has 2 aromatic heterocycles. The average Bonchev–Trinajstić information content (AvgIpc) is 3.74. The first-order chi connectivity index (χ1) is 25.7. The second-order valence-electron chi connectivity index (χ2n) is 13.7. The Labute approximate surface area is 298 Å². The Morgan fingerprint density at radius 2 is 0.731 bits per heavy atom. The van der Waals surface area contributed by atoms with Crippen LogP contribution in [-0.4, -0.2) is 21.6 Å². The summed E-state index contributed by atoms with van der Waals surface area (Å²) in [5, 5.41) is 31.7. The van der Waals surface area contributed by atoms with Gasteiger partial charge >= 0.3 is 0 Å². The maximum Gasteiger partial charge on any atom is 0.0791 e. The van der Waals surface area contributed by atoms with E-state index in [1.807, 2.05) is 6.07 Å². The van der Waals surface area contributed by atoms with Gasteiger partial charge in [-0.25, -0.2) is 0 Å². The topological polar surface area (TPSA) is 57.6 Å². The number of nitrogens with zero attached hydrogens (tertiary/aromatic N) is 2. The van der Waals surface area contributed by atoms with Gasteiger partial charge in [0.2, 0.25) is 0 Å². The molecule has 0 aliphatic rings. The molecule has 0 aliphatic heterocycles. The van der Waals surface area contributed by atoms with Gasteiger partial charge in [0.25, 0.3) is 0 Å². The quantitative estimate of drug-likeness (QED) is 0.176. The predicted octanol–water partition coefficient (Wildman–Crippen LogP) is 12.5. The van der Waals surface area contributed by atoms with E-state index in [2.05, 4.69) is 161 Å². The normalized spacial score (nSPS) is 12.0. The summed E-state index contributed by atoms with van der Waals surface area (Å²) in [6, 6.07) is 56.4. The van der Waals surface area contributed by atoms with E-state index in [9.17, 15) is 0 Å². The van der Waals surface area contributed by atoms with E-state index >= 15 is 0 Å². The lowest BCUT2D eigenvalue weighted by Gasteiger charge is -2.20. The van der Waals surface area contributed by atoms with Crippen molar-refractivity contribution >= 4 is 99.1 Å². The van der Waals surface area contributed by atoms with Gasteiger partial charge in [0.05, 0.1) is 33.4 Å². The lowest BCUT2D eigenvalue weighted by atomic mass is 10.00. The SMILES string of the molecule is N=Cc1cc(C=N)c(-n2c3ccc4ccccc4c3c3c4ccccc4ccc32)c(-n2c3ccc4ccccc4c3c3c4ccccc4ccc32)c1. The molecule has 4 nitrogen and oxygen atoms in total. The Hall–Kier alpha value is -7.04. The van der Waals surface area contributed by atoms with Crippen LogP contribution in [0.25, 0.3) is 98.1 Å². The molecule has 52 heavy (non-hydrogen) atoms. The molecule has 11 aromatic rings. The van der Waals surface area contributed by atoms with E-state index in [4.69, 9.17) is 10.8 Å². The van der Waals surface area contributed by atoms with Crippen molar-refractivity contribution in [3.05, 3.63) is 169 Å². The fourth-order valence-corrected chi connectivity index (χ4v) is 8.87. The second-order valence-corrected chi connectivity index (χ2v) is 13.7. The van der Waals surface area contributed by atoms with E-state index < -0.39 is 0 Å². The molecule has 2 heterocycles. The zero-order valence-corrected chi connectivity index (χ0v) is 28.1. The van der Waals surface area contributed by atoms with Crippen LogP contribution >= 0.6 is 0 Å². The van der Waals surface area contributed by atoms with Crippen molar-refractivity contribution in [3.63, 3.8) is 0 Å². The van der Waals surface area contributed by atoms with Gasteiger partial charge in [-0.1, -0.05) is 121 Å². The van der Waals surface area contributed by atoms with Crippen LogP contribution in [0.1, 0.15) is 11.1 Å². The number of hydrogen-bond donors (Lipinski definition) is 2. The molecule has 2 N–H and O–H groups in total. The van der Waals surface area contributed by atoms with Crippen LogP contribution in [0.3, 0.4) is 0 Å². The molecule has 0 fully saturated rings. The molecule has 4 heteroatoms. The highest BCUT2D eigenvalue weighted by Crippen LogP contribution is 2.45. The van der Waals surface area contributed by atoms with Crippen molar-refractivity contribution in [2.45, 2.75) is 0 Å². The molecule has 9 aromatic carbocycles. The van der Waals surface area contributed by atoms with Gasteiger partial charge in [0.1, 0.15) is 0 Å². The van der Waals surface area contributed by atoms with Gasteiger partial charge < -0.3 is 20.0 Å². The van der Waals surface area contributed by atoms with E-state index in [0.717, 1.165) is 44.6 Å². The first-order valence-electron chi connectivity index (χ1n) is 17.6. The molecular formula is C48H30N4. The Balaban J connectivity index is 1.39. The summed E-state index contributed by atoms with van der Waals surface area (Å²) in [6.45, 7) is 0. The molecule has 11 rings (SSSR count). The Morgan fingerprint density at radius 1 is 0.365 bits per heavy atom. The van der Waals surface area contributed by atoms with Crippen LogP contribution in [0, 0.1) is 10.8 Å². The summed E-state index contributed by atoms with van der Waals surface area (Å²) >= 11 is 0. The maximum atomic E-state index is 8.88. The first kappa shape index (κ1) is 28.8. The van der Waals surface area contributed by atoms with Crippen LogP contribution < -0.4 is 0 Å². The molecule has 0 bridgehead atoms. The van der Waals surface area contributed by atoms with Crippen molar-refractivity contribution < 1.29 is 0 Å². The van der Waals surface area contributed by atoms with Crippen LogP contribution in [-0.2, 0) is 0 Å². The molecule has 0 unspecified atom stereocenters. The fourth-order valence-electron chi connectivity index (χ4n) is 8.87. The third kappa shape index (κ3) is 3.81. The Bertz CT molecular complexity index is 3160. The highest BCUT2D eigenvalue weighted by Gasteiger charge is 2.25. The Kier molecular flexibility index (Phi) is 5.93. The summed E-state index contributed by atoms with van der Waals surface area (Å²) < 4.78 is 4.74. The molecule has 242 valence electrons. The number of benzene rings is 9. The third-order valence-corrected chi connectivity index (χ3v) is 11.0. The monoisotopic (exact) mass is 662 g/mol. The summed E-state index contributed by atoms with van der Waals surface area (Å²) in [7, 11) is 0. The van der Waals surface area contributed by atoms with Gasteiger partial charge in [-0.15, -0.1) is 0 Å². The molecule has 0 atom stereocenters. The minimum Gasteiger partial charge on any atom is -0.308 e. The number of rotatable bonds is 4. The highest BCUT2D eigenvalue weighted by atomic mass is 15.1. The van der Waals surface area contributed by atoms with Crippen LogP contribution in [0.4, 0.5) is 0 Å². The van der Waals surface area contributed by atoms with Gasteiger partial charge in [-0.2, -0.15) is 0 Å². The molecule has 0 saturated carbocycles. The zero-order chi connectivity index (χ0) is 34.5. The fraction of sp³-hybridized carbons (Fsp3) is 0. The standard InChI is InChI=1S/C48H30N4/c49-27-29-25-34(28-50)48(52-41-23-19-32-11-3-7-15-37(32)46(41)47-38-16-8-4-12-33(38)20-24-42(47)52)43(26-29)51-39-21-17-30-9-1-5-13-35(30)44(39)45-36-14-6-2-10-31(36)18-22-40(45)51/h1-28,49-50H. The van der Waals surface area contributed by atoms with Crippen molar-refractivity contribution in [1.82, 2.24) is 9.13 Å². The average molecular weight is 663 g/mol. The molecule has 0 aliphatic carbocycles.